The van der Waals surface area contributed by atoms with Gasteiger partial charge in [0.2, 0.25) is 6.79 Å². The Labute approximate surface area is 146 Å². The van der Waals surface area contributed by atoms with Crippen molar-refractivity contribution in [3.63, 3.8) is 0 Å². The lowest BCUT2D eigenvalue weighted by Gasteiger charge is -2.06. The molecule has 3 rings (SSSR count). The Morgan fingerprint density at radius 2 is 2.12 bits per heavy atom. The van der Waals surface area contributed by atoms with Gasteiger partial charge in [-0.3, -0.25) is 4.79 Å². The summed E-state index contributed by atoms with van der Waals surface area (Å²) in [4.78, 5) is 12.1. The van der Waals surface area contributed by atoms with Gasteiger partial charge in [-0.05, 0) is 51.8 Å². The second kappa shape index (κ2) is 6.79. The first-order chi connectivity index (χ1) is 11.6. The summed E-state index contributed by atoms with van der Waals surface area (Å²) >= 11 is 3.22. The van der Waals surface area contributed by atoms with Crippen LogP contribution in [0.3, 0.4) is 0 Å². The molecule has 0 aliphatic carbocycles. The fourth-order valence-electron chi connectivity index (χ4n) is 2.09. The van der Waals surface area contributed by atoms with Gasteiger partial charge in [0.15, 0.2) is 23.0 Å². The number of hydrazone groups is 1. The summed E-state index contributed by atoms with van der Waals surface area (Å²) in [5, 5.41) is 13.7. The first kappa shape index (κ1) is 16.1. The number of halogens is 1. The number of phenols is 1. The van der Waals surface area contributed by atoms with Crippen LogP contribution in [0.2, 0.25) is 0 Å². The van der Waals surface area contributed by atoms with Crippen molar-refractivity contribution in [2.75, 3.05) is 13.9 Å². The first-order valence-corrected chi connectivity index (χ1v) is 7.67. The molecule has 0 atom stereocenters. The Balaban J connectivity index is 1.70. The molecule has 0 saturated heterocycles. The summed E-state index contributed by atoms with van der Waals surface area (Å²) in [7, 11) is 1.45. The van der Waals surface area contributed by atoms with E-state index in [1.54, 1.807) is 30.3 Å². The molecule has 8 heteroatoms. The van der Waals surface area contributed by atoms with Crippen LogP contribution in [0.5, 0.6) is 23.0 Å². The highest BCUT2D eigenvalue weighted by Gasteiger charge is 2.15. The fourth-order valence-corrected chi connectivity index (χ4v) is 2.55. The third kappa shape index (κ3) is 3.28. The van der Waals surface area contributed by atoms with E-state index >= 15 is 0 Å². The van der Waals surface area contributed by atoms with Crippen LogP contribution in [-0.4, -0.2) is 31.1 Å². The van der Waals surface area contributed by atoms with Crippen molar-refractivity contribution in [3.8, 4) is 23.0 Å². The molecule has 0 bridgehead atoms. The number of hydrogen-bond donors (Lipinski definition) is 2. The summed E-state index contributed by atoms with van der Waals surface area (Å²) in [6.07, 6.45) is 1.44. The third-order valence-electron chi connectivity index (χ3n) is 3.29. The molecule has 7 nitrogen and oxygen atoms in total. The Kier molecular flexibility index (Phi) is 4.57. The number of rotatable bonds is 4. The van der Waals surface area contributed by atoms with Crippen molar-refractivity contribution in [2.45, 2.75) is 0 Å². The Morgan fingerprint density at radius 1 is 1.33 bits per heavy atom. The number of carbonyl (C=O) groups excluding carboxylic acids is 1. The monoisotopic (exact) mass is 392 g/mol. The normalized spacial score (nSPS) is 12.4. The summed E-state index contributed by atoms with van der Waals surface area (Å²) in [6.45, 7) is 0.149. The van der Waals surface area contributed by atoms with E-state index in [9.17, 15) is 9.90 Å². The highest BCUT2D eigenvalue weighted by Crippen LogP contribution is 2.35. The molecule has 0 aromatic heterocycles. The molecule has 1 aliphatic heterocycles. The first-order valence-electron chi connectivity index (χ1n) is 6.88. The molecule has 0 spiro atoms. The van der Waals surface area contributed by atoms with Gasteiger partial charge in [-0.2, -0.15) is 5.10 Å². The highest BCUT2D eigenvalue weighted by molar-refractivity contribution is 9.10. The van der Waals surface area contributed by atoms with Crippen LogP contribution in [0, 0.1) is 0 Å². The van der Waals surface area contributed by atoms with Crippen LogP contribution < -0.4 is 19.6 Å². The molecule has 2 N–H and O–H groups in total. The molecule has 2 aromatic rings. The van der Waals surface area contributed by atoms with E-state index in [0.29, 0.717) is 32.8 Å². The summed E-state index contributed by atoms with van der Waals surface area (Å²) < 4.78 is 15.9. The molecular weight excluding hydrogens is 380 g/mol. The number of ether oxygens (including phenoxy) is 3. The lowest BCUT2D eigenvalue weighted by atomic mass is 10.2. The zero-order valence-electron chi connectivity index (χ0n) is 12.6. The van der Waals surface area contributed by atoms with Crippen molar-refractivity contribution in [1.29, 1.82) is 0 Å². The van der Waals surface area contributed by atoms with Crippen LogP contribution in [0.25, 0.3) is 0 Å². The minimum Gasteiger partial charge on any atom is -0.503 e. The van der Waals surface area contributed by atoms with E-state index in [1.807, 2.05) is 0 Å². The number of fused-ring (bicyclic) bond motifs is 1. The maximum atomic E-state index is 12.1. The van der Waals surface area contributed by atoms with Crippen LogP contribution in [0.4, 0.5) is 0 Å². The van der Waals surface area contributed by atoms with Gasteiger partial charge in [0.1, 0.15) is 0 Å². The second-order valence-corrected chi connectivity index (χ2v) is 5.68. The quantitative estimate of drug-likeness (QED) is 0.616. The Morgan fingerprint density at radius 3 is 2.92 bits per heavy atom. The number of methoxy groups -OCH3 is 1. The molecule has 0 radical (unpaired) electrons. The summed E-state index contributed by atoms with van der Waals surface area (Å²) in [6, 6.07) is 8.12. The molecule has 0 unspecified atom stereocenters. The number of phenolic OH excluding ortho intramolecular Hbond substituents is 1. The van der Waals surface area contributed by atoms with E-state index < -0.39 is 0 Å². The van der Waals surface area contributed by atoms with E-state index in [4.69, 9.17) is 14.2 Å². The number of benzene rings is 2. The number of aromatic hydroxyl groups is 1. The maximum absolute atomic E-state index is 12.1. The van der Waals surface area contributed by atoms with E-state index in [-0.39, 0.29) is 18.4 Å². The van der Waals surface area contributed by atoms with Gasteiger partial charge in [-0.25, -0.2) is 5.43 Å². The molecule has 0 fully saturated rings. The van der Waals surface area contributed by atoms with E-state index in [2.05, 4.69) is 26.5 Å². The Hall–Kier alpha value is -2.74. The summed E-state index contributed by atoms with van der Waals surface area (Å²) in [5.74, 6) is 1.05. The van der Waals surface area contributed by atoms with Crippen molar-refractivity contribution < 1.29 is 24.1 Å². The van der Waals surface area contributed by atoms with Crippen molar-refractivity contribution >= 4 is 28.1 Å². The molecule has 2 aromatic carbocycles. The van der Waals surface area contributed by atoms with E-state index in [1.165, 1.54) is 13.3 Å². The number of nitrogens with zero attached hydrogens (tertiary/aromatic N) is 1. The van der Waals surface area contributed by atoms with Crippen molar-refractivity contribution in [1.82, 2.24) is 5.43 Å². The maximum Gasteiger partial charge on any atom is 0.271 e. The minimum atomic E-state index is -0.380. The topological polar surface area (TPSA) is 89.4 Å². The van der Waals surface area contributed by atoms with Gasteiger partial charge in [-0.1, -0.05) is 0 Å². The number of amides is 1. The van der Waals surface area contributed by atoms with Crippen molar-refractivity contribution in [2.24, 2.45) is 5.10 Å². The molecule has 24 heavy (non-hydrogen) atoms. The average Bonchev–Trinajstić information content (AvgIpc) is 3.05. The van der Waals surface area contributed by atoms with Gasteiger partial charge < -0.3 is 19.3 Å². The SMILES string of the molecule is COc1cc(/C=N\NC(=O)c2ccc3c(c2)OCO3)cc(Br)c1O. The molecule has 124 valence electrons. The number of nitrogens with one attached hydrogen (secondary N) is 1. The zero-order chi connectivity index (χ0) is 17.1. The van der Waals surface area contributed by atoms with Gasteiger partial charge in [-0.15, -0.1) is 0 Å². The van der Waals surface area contributed by atoms with Crippen molar-refractivity contribution in [3.05, 3.63) is 45.9 Å². The highest BCUT2D eigenvalue weighted by atomic mass is 79.9. The molecule has 1 amide bonds. The summed E-state index contributed by atoms with van der Waals surface area (Å²) in [5.41, 5.74) is 3.47. The fraction of sp³-hybridized carbons (Fsp3) is 0.125. The van der Waals surface area contributed by atoms with Crippen LogP contribution >= 0.6 is 15.9 Å². The lowest BCUT2D eigenvalue weighted by molar-refractivity contribution is 0.0954. The zero-order valence-corrected chi connectivity index (χ0v) is 14.2. The average molecular weight is 393 g/mol. The lowest BCUT2D eigenvalue weighted by Crippen LogP contribution is -2.17. The third-order valence-corrected chi connectivity index (χ3v) is 3.89. The molecule has 1 aliphatic rings. The van der Waals surface area contributed by atoms with Gasteiger partial charge in [0.05, 0.1) is 17.8 Å². The minimum absolute atomic E-state index is 0.000884. The Bertz CT molecular complexity index is 822. The van der Waals surface area contributed by atoms with Crippen LogP contribution in [0.1, 0.15) is 15.9 Å². The van der Waals surface area contributed by atoms with E-state index in [0.717, 1.165) is 0 Å². The van der Waals surface area contributed by atoms with Crippen LogP contribution in [0.15, 0.2) is 39.9 Å². The largest absolute Gasteiger partial charge is 0.503 e. The molecular formula is C16H13BrN2O5. The van der Waals surface area contributed by atoms with Gasteiger partial charge in [0, 0.05) is 5.56 Å². The van der Waals surface area contributed by atoms with Crippen LogP contribution in [-0.2, 0) is 0 Å². The second-order valence-electron chi connectivity index (χ2n) is 4.82. The number of hydrogen-bond acceptors (Lipinski definition) is 6. The molecule has 0 saturated carbocycles. The van der Waals surface area contributed by atoms with Gasteiger partial charge >= 0.3 is 0 Å². The predicted octanol–water partition coefficient (Wildman–Crippen LogP) is 2.66. The number of carbonyl (C=O) groups is 1. The van der Waals surface area contributed by atoms with Gasteiger partial charge in [0.25, 0.3) is 5.91 Å². The smallest absolute Gasteiger partial charge is 0.271 e. The standard InChI is InChI=1S/C16H13BrN2O5/c1-22-14-5-9(4-11(17)15(14)20)7-18-19-16(21)10-2-3-12-13(6-10)24-8-23-12/h2-7,20H,8H2,1H3,(H,19,21)/b18-7-. The molecule has 1 heterocycles. The predicted molar refractivity (Wildman–Crippen MR) is 90.0 cm³/mol.